The van der Waals surface area contributed by atoms with Crippen LogP contribution >= 0.6 is 0 Å². The number of allylic oxidation sites excluding steroid dienone is 1. The Labute approximate surface area is 67.1 Å². The molecule has 0 bridgehead atoms. The van der Waals surface area contributed by atoms with Crippen LogP contribution in [0.1, 0.15) is 12.8 Å². The molecule has 3 nitrogen and oxygen atoms in total. The summed E-state index contributed by atoms with van der Waals surface area (Å²) in [6.07, 6.45) is 6.34. The van der Waals surface area contributed by atoms with Crippen molar-refractivity contribution in [2.75, 3.05) is 13.7 Å². The minimum absolute atomic E-state index is 0.424. The maximum atomic E-state index is 5.61. The maximum absolute atomic E-state index is 5.61. The molecule has 0 saturated heterocycles. The van der Waals surface area contributed by atoms with Crippen LogP contribution in [0.15, 0.2) is 12.2 Å². The molecule has 0 atom stereocenters. The van der Waals surface area contributed by atoms with Gasteiger partial charge < -0.3 is 5.73 Å². The van der Waals surface area contributed by atoms with E-state index in [1.165, 1.54) is 7.11 Å². The summed E-state index contributed by atoms with van der Waals surface area (Å²) < 4.78 is 0. The van der Waals surface area contributed by atoms with Crippen molar-refractivity contribution < 1.29 is 9.78 Å². The molecule has 1 saturated carbocycles. The van der Waals surface area contributed by atoms with Crippen molar-refractivity contribution in [3.05, 3.63) is 12.2 Å². The third-order valence-electron chi connectivity index (χ3n) is 1.90. The van der Waals surface area contributed by atoms with Crippen LogP contribution in [0.2, 0.25) is 0 Å². The van der Waals surface area contributed by atoms with Crippen LogP contribution in [0.4, 0.5) is 0 Å². The lowest BCUT2D eigenvalue weighted by atomic mass is 9.81. The monoisotopic (exact) mass is 157 g/mol. The van der Waals surface area contributed by atoms with E-state index in [0.29, 0.717) is 18.6 Å². The molecule has 1 aliphatic rings. The van der Waals surface area contributed by atoms with Gasteiger partial charge in [-0.05, 0) is 18.8 Å². The molecule has 1 rings (SSSR count). The zero-order valence-electron chi connectivity index (χ0n) is 6.82. The van der Waals surface area contributed by atoms with E-state index in [2.05, 4.69) is 15.9 Å². The lowest BCUT2D eigenvalue weighted by Crippen LogP contribution is -2.35. The second kappa shape index (κ2) is 4.49. The average molecular weight is 157 g/mol. The summed E-state index contributed by atoms with van der Waals surface area (Å²) >= 11 is 0. The van der Waals surface area contributed by atoms with Gasteiger partial charge >= 0.3 is 0 Å². The zero-order chi connectivity index (χ0) is 8.10. The van der Waals surface area contributed by atoms with Crippen LogP contribution in [-0.4, -0.2) is 19.8 Å². The van der Waals surface area contributed by atoms with Crippen molar-refractivity contribution in [1.82, 2.24) is 0 Å². The third-order valence-corrected chi connectivity index (χ3v) is 1.90. The van der Waals surface area contributed by atoms with Crippen molar-refractivity contribution >= 4 is 0 Å². The Morgan fingerprint density at radius 3 is 2.82 bits per heavy atom. The standard InChI is InChI=1S/C8H15NO2/c1-10-11-4-2-3-7-5-8(9)6-7/h2-3,7-8H,4-6,9H2,1H3. The molecule has 3 heteroatoms. The highest BCUT2D eigenvalue weighted by atomic mass is 17.2. The van der Waals surface area contributed by atoms with Crippen molar-refractivity contribution in [3.63, 3.8) is 0 Å². The molecular formula is C8H15NO2. The summed E-state index contributed by atoms with van der Waals surface area (Å²) in [5, 5.41) is 0. The molecule has 0 unspecified atom stereocenters. The number of hydrogen-bond donors (Lipinski definition) is 1. The SMILES string of the molecule is COOCC=CC1CC(N)C1. The predicted molar refractivity (Wildman–Crippen MR) is 42.8 cm³/mol. The molecule has 0 heterocycles. The number of hydrogen-bond acceptors (Lipinski definition) is 3. The van der Waals surface area contributed by atoms with Crippen LogP contribution in [0, 0.1) is 5.92 Å². The molecule has 0 aromatic carbocycles. The van der Waals surface area contributed by atoms with E-state index in [-0.39, 0.29) is 0 Å². The third kappa shape index (κ3) is 3.01. The van der Waals surface area contributed by atoms with Gasteiger partial charge in [0.15, 0.2) is 0 Å². The minimum Gasteiger partial charge on any atom is -0.328 e. The van der Waals surface area contributed by atoms with Gasteiger partial charge in [-0.15, -0.1) is 0 Å². The molecule has 0 radical (unpaired) electrons. The van der Waals surface area contributed by atoms with E-state index < -0.39 is 0 Å². The number of rotatable bonds is 4. The van der Waals surface area contributed by atoms with Crippen molar-refractivity contribution in [2.45, 2.75) is 18.9 Å². The topological polar surface area (TPSA) is 44.5 Å². The van der Waals surface area contributed by atoms with E-state index in [4.69, 9.17) is 5.73 Å². The largest absolute Gasteiger partial charge is 0.328 e. The Hall–Kier alpha value is -0.380. The summed E-state index contributed by atoms with van der Waals surface area (Å²) in [4.78, 5) is 9.08. The first-order chi connectivity index (χ1) is 5.33. The minimum atomic E-state index is 0.424. The van der Waals surface area contributed by atoms with Gasteiger partial charge in [-0.2, -0.15) is 0 Å². The van der Waals surface area contributed by atoms with Gasteiger partial charge in [0, 0.05) is 6.04 Å². The van der Waals surface area contributed by atoms with Gasteiger partial charge in [0.05, 0.1) is 7.11 Å². The van der Waals surface area contributed by atoms with Gasteiger partial charge in [0.25, 0.3) is 0 Å². The van der Waals surface area contributed by atoms with E-state index >= 15 is 0 Å². The average Bonchev–Trinajstić information content (AvgIpc) is 1.94. The highest BCUT2D eigenvalue weighted by Gasteiger charge is 2.22. The quantitative estimate of drug-likeness (QED) is 0.285. The molecule has 0 aromatic heterocycles. The van der Waals surface area contributed by atoms with E-state index in [9.17, 15) is 0 Å². The smallest absolute Gasteiger partial charge is 0.100 e. The van der Waals surface area contributed by atoms with E-state index in [1.54, 1.807) is 0 Å². The van der Waals surface area contributed by atoms with Gasteiger partial charge in [-0.1, -0.05) is 12.2 Å². The fraction of sp³-hybridized carbons (Fsp3) is 0.750. The highest BCUT2D eigenvalue weighted by molar-refractivity contribution is 4.97. The predicted octanol–water partition coefficient (Wildman–Crippen LogP) is 0.858. The van der Waals surface area contributed by atoms with Crippen LogP contribution in [0.3, 0.4) is 0 Å². The molecule has 1 aliphatic carbocycles. The van der Waals surface area contributed by atoms with Gasteiger partial charge in [0.2, 0.25) is 0 Å². The summed E-state index contributed by atoms with van der Waals surface area (Å²) in [5.41, 5.74) is 5.61. The van der Waals surface area contributed by atoms with Gasteiger partial charge in [0.1, 0.15) is 6.61 Å². The second-order valence-corrected chi connectivity index (χ2v) is 2.87. The Bertz CT molecular complexity index is 130. The Kier molecular flexibility index (Phi) is 3.56. The van der Waals surface area contributed by atoms with Crippen LogP contribution in [-0.2, 0) is 9.78 Å². The molecule has 2 N–H and O–H groups in total. The molecule has 0 aliphatic heterocycles. The summed E-state index contributed by atoms with van der Waals surface area (Å²) in [6.45, 7) is 0.530. The van der Waals surface area contributed by atoms with Crippen molar-refractivity contribution in [2.24, 2.45) is 11.7 Å². The molecule has 64 valence electrons. The Morgan fingerprint density at radius 1 is 1.55 bits per heavy atom. The summed E-state index contributed by atoms with van der Waals surface area (Å²) in [5.74, 6) is 0.672. The van der Waals surface area contributed by atoms with E-state index in [0.717, 1.165) is 12.8 Å². The summed E-state index contributed by atoms with van der Waals surface area (Å²) in [6, 6.07) is 0.424. The highest BCUT2D eigenvalue weighted by Crippen LogP contribution is 2.26. The fourth-order valence-corrected chi connectivity index (χ4v) is 1.22. The first-order valence-electron chi connectivity index (χ1n) is 3.90. The van der Waals surface area contributed by atoms with Crippen LogP contribution in [0.25, 0.3) is 0 Å². The van der Waals surface area contributed by atoms with Crippen molar-refractivity contribution in [1.29, 1.82) is 0 Å². The molecule has 11 heavy (non-hydrogen) atoms. The fourth-order valence-electron chi connectivity index (χ4n) is 1.22. The second-order valence-electron chi connectivity index (χ2n) is 2.87. The van der Waals surface area contributed by atoms with Crippen LogP contribution in [0.5, 0.6) is 0 Å². The molecule has 0 amide bonds. The normalized spacial score (nSPS) is 30.7. The first kappa shape index (κ1) is 8.71. The van der Waals surface area contributed by atoms with E-state index in [1.807, 2.05) is 6.08 Å². The molecular weight excluding hydrogens is 142 g/mol. The maximum Gasteiger partial charge on any atom is 0.100 e. The summed E-state index contributed by atoms with van der Waals surface area (Å²) in [7, 11) is 1.51. The molecule has 0 spiro atoms. The molecule has 0 aromatic rings. The Morgan fingerprint density at radius 2 is 2.27 bits per heavy atom. The van der Waals surface area contributed by atoms with Gasteiger partial charge in [-0.25, -0.2) is 9.78 Å². The van der Waals surface area contributed by atoms with Gasteiger partial charge in [-0.3, -0.25) is 0 Å². The Balaban J connectivity index is 1.97. The number of nitrogens with two attached hydrogens (primary N) is 1. The zero-order valence-corrected chi connectivity index (χ0v) is 6.82. The molecule has 1 fully saturated rings. The lowest BCUT2D eigenvalue weighted by molar-refractivity contribution is -0.263. The van der Waals surface area contributed by atoms with Crippen molar-refractivity contribution in [3.8, 4) is 0 Å². The first-order valence-corrected chi connectivity index (χ1v) is 3.90. The lowest BCUT2D eigenvalue weighted by Gasteiger charge is -2.29. The van der Waals surface area contributed by atoms with Crippen LogP contribution < -0.4 is 5.73 Å².